The summed E-state index contributed by atoms with van der Waals surface area (Å²) < 4.78 is 9.93. The van der Waals surface area contributed by atoms with E-state index in [1.807, 2.05) is 25.2 Å². The third kappa shape index (κ3) is 9.04. The molecule has 0 spiro atoms. The van der Waals surface area contributed by atoms with Crippen molar-refractivity contribution in [3.05, 3.63) is 70.4 Å². The summed E-state index contributed by atoms with van der Waals surface area (Å²) in [7, 11) is 0. The van der Waals surface area contributed by atoms with Crippen LogP contribution in [0.1, 0.15) is 60.3 Å². The topological polar surface area (TPSA) is 113 Å². The van der Waals surface area contributed by atoms with Crippen molar-refractivity contribution in [2.45, 2.75) is 78.6 Å². The average molecular weight is 501 g/mol. The fourth-order valence-corrected chi connectivity index (χ4v) is 4.32. The molecule has 0 heterocycles. The molecule has 0 saturated heterocycles. The minimum atomic E-state index is -1.37. The van der Waals surface area contributed by atoms with Gasteiger partial charge >= 0.3 is 11.9 Å². The molecule has 0 aliphatic heterocycles. The van der Waals surface area contributed by atoms with Crippen LogP contribution in [0.25, 0.3) is 0 Å². The van der Waals surface area contributed by atoms with Gasteiger partial charge in [0, 0.05) is 12.0 Å². The van der Waals surface area contributed by atoms with Crippen molar-refractivity contribution in [2.24, 2.45) is 5.41 Å². The molecule has 0 aromatic heterocycles. The van der Waals surface area contributed by atoms with Gasteiger partial charge in [0.15, 0.2) is 6.61 Å². The maximum atomic E-state index is 12.0. The molecule has 2 aliphatic rings. The van der Waals surface area contributed by atoms with Crippen molar-refractivity contribution in [3.8, 4) is 0 Å². The van der Waals surface area contributed by atoms with Crippen LogP contribution >= 0.6 is 0 Å². The fourth-order valence-electron chi connectivity index (χ4n) is 4.32. The number of hydrogen-bond acceptors (Lipinski definition) is 7. The molecule has 0 aromatic carbocycles. The second-order valence-electron chi connectivity index (χ2n) is 10.2. The Bertz CT molecular complexity index is 991. The minimum Gasteiger partial charge on any atom is -0.459 e. The van der Waals surface area contributed by atoms with Crippen molar-refractivity contribution < 1.29 is 34.4 Å². The van der Waals surface area contributed by atoms with Crippen LogP contribution in [0.3, 0.4) is 0 Å². The third-order valence-electron chi connectivity index (χ3n) is 6.55. The Morgan fingerprint density at radius 1 is 1.11 bits per heavy atom. The van der Waals surface area contributed by atoms with Gasteiger partial charge in [0.1, 0.15) is 18.8 Å². The number of aliphatic hydroxyl groups is 3. The van der Waals surface area contributed by atoms with Gasteiger partial charge in [-0.1, -0.05) is 60.9 Å². The standard InChI is InChI=1S/C29H40O7/c1-19(11-12-23-21(3)10-7-14-29(23,4)5)8-6-9-20(2)13-15-35-26(32)18-36-28(34)22-16-24(30)27(33)25(31)17-22/h6,8-9,11-13,16,24-25,27,30-31,33H,7,10,14-15,17-18H2,1-5H3/b9-6+,12-11+,19-8-,20-13-. The van der Waals surface area contributed by atoms with E-state index in [4.69, 9.17) is 9.47 Å². The van der Waals surface area contributed by atoms with Gasteiger partial charge in [-0.25, -0.2) is 9.59 Å². The molecule has 0 radical (unpaired) electrons. The molecule has 3 N–H and O–H groups in total. The zero-order valence-electron chi connectivity index (χ0n) is 22.0. The number of hydrogen-bond donors (Lipinski definition) is 3. The van der Waals surface area contributed by atoms with Crippen LogP contribution in [0, 0.1) is 5.41 Å². The van der Waals surface area contributed by atoms with Crippen LogP contribution in [0.2, 0.25) is 0 Å². The largest absolute Gasteiger partial charge is 0.459 e. The molecular formula is C29H40O7. The lowest BCUT2D eigenvalue weighted by Crippen LogP contribution is -2.41. The van der Waals surface area contributed by atoms with E-state index in [9.17, 15) is 24.9 Å². The van der Waals surface area contributed by atoms with Gasteiger partial charge in [0.05, 0.1) is 6.10 Å². The highest BCUT2D eigenvalue weighted by Crippen LogP contribution is 2.40. The van der Waals surface area contributed by atoms with Crippen LogP contribution in [0.5, 0.6) is 0 Å². The summed E-state index contributed by atoms with van der Waals surface area (Å²) in [5.41, 5.74) is 5.16. The van der Waals surface area contributed by atoms with E-state index >= 15 is 0 Å². The Morgan fingerprint density at radius 2 is 1.83 bits per heavy atom. The van der Waals surface area contributed by atoms with Gasteiger partial charge in [0.2, 0.25) is 0 Å². The molecule has 7 nitrogen and oxygen atoms in total. The summed E-state index contributed by atoms with van der Waals surface area (Å²) >= 11 is 0. The molecule has 0 bridgehead atoms. The lowest BCUT2D eigenvalue weighted by molar-refractivity contribution is -0.156. The van der Waals surface area contributed by atoms with E-state index in [0.29, 0.717) is 0 Å². The summed E-state index contributed by atoms with van der Waals surface area (Å²) in [6.45, 7) is 10.2. The Labute approximate surface area is 214 Å². The first-order valence-electron chi connectivity index (χ1n) is 12.4. The van der Waals surface area contributed by atoms with E-state index in [1.165, 1.54) is 30.4 Å². The summed E-state index contributed by atoms with van der Waals surface area (Å²) in [5.74, 6) is -1.56. The molecule has 0 fully saturated rings. The molecule has 7 heteroatoms. The Balaban J connectivity index is 1.77. The SMILES string of the molecule is CC1=C(/C=C/C(C)=C\C=C\C(C)=C/COC(=O)COC(=O)C2=CC(O)C(O)C(O)C2)C(C)(C)CCC1. The van der Waals surface area contributed by atoms with Gasteiger partial charge in [-0.3, -0.25) is 0 Å². The second kappa shape index (κ2) is 13.5. The molecule has 0 saturated carbocycles. The number of esters is 2. The van der Waals surface area contributed by atoms with E-state index in [0.717, 1.165) is 17.2 Å². The molecule has 2 aliphatic carbocycles. The van der Waals surface area contributed by atoms with Gasteiger partial charge in [-0.15, -0.1) is 0 Å². The molecular weight excluding hydrogens is 460 g/mol. The molecule has 3 unspecified atom stereocenters. The third-order valence-corrected chi connectivity index (χ3v) is 6.55. The predicted molar refractivity (Wildman–Crippen MR) is 139 cm³/mol. The van der Waals surface area contributed by atoms with Crippen molar-refractivity contribution >= 4 is 11.9 Å². The molecule has 0 amide bonds. The monoisotopic (exact) mass is 500 g/mol. The smallest absolute Gasteiger partial charge is 0.344 e. The van der Waals surface area contributed by atoms with Crippen molar-refractivity contribution in [1.82, 2.24) is 0 Å². The van der Waals surface area contributed by atoms with Crippen LogP contribution in [-0.4, -0.2) is 58.8 Å². The first-order chi connectivity index (χ1) is 16.9. The number of carbonyl (C=O) groups excluding carboxylic acids is 2. The quantitative estimate of drug-likeness (QED) is 0.324. The van der Waals surface area contributed by atoms with Crippen LogP contribution in [0.15, 0.2) is 70.4 Å². The normalized spacial score (nSPS) is 25.3. The fraction of sp³-hybridized carbons (Fsp3) is 0.517. The summed E-state index contributed by atoms with van der Waals surface area (Å²) in [6.07, 6.45) is 12.6. The van der Waals surface area contributed by atoms with Gasteiger partial charge in [0.25, 0.3) is 0 Å². The van der Waals surface area contributed by atoms with Crippen molar-refractivity contribution in [1.29, 1.82) is 0 Å². The van der Waals surface area contributed by atoms with E-state index in [1.54, 1.807) is 6.08 Å². The first-order valence-corrected chi connectivity index (χ1v) is 12.4. The maximum Gasteiger partial charge on any atom is 0.344 e. The number of carbonyl (C=O) groups is 2. The van der Waals surface area contributed by atoms with Crippen molar-refractivity contribution in [2.75, 3.05) is 13.2 Å². The Morgan fingerprint density at radius 3 is 2.50 bits per heavy atom. The highest BCUT2D eigenvalue weighted by Gasteiger charge is 2.32. The maximum absolute atomic E-state index is 12.0. The second-order valence-corrected chi connectivity index (χ2v) is 10.2. The zero-order chi connectivity index (χ0) is 26.9. The van der Waals surface area contributed by atoms with Crippen LogP contribution in [0.4, 0.5) is 0 Å². The van der Waals surface area contributed by atoms with Gasteiger partial charge in [-0.2, -0.15) is 0 Å². The first kappa shape index (κ1) is 29.5. The van der Waals surface area contributed by atoms with Crippen LogP contribution < -0.4 is 0 Å². The zero-order valence-corrected chi connectivity index (χ0v) is 22.0. The van der Waals surface area contributed by atoms with Crippen molar-refractivity contribution in [3.63, 3.8) is 0 Å². The highest BCUT2D eigenvalue weighted by molar-refractivity contribution is 5.90. The molecule has 2 rings (SSSR count). The Kier molecular flexibility index (Phi) is 11.1. The Hall–Kier alpha value is -2.74. The molecule has 0 aromatic rings. The number of ether oxygens (including phenoxy) is 2. The molecule has 36 heavy (non-hydrogen) atoms. The number of allylic oxidation sites excluding steroid dienone is 9. The lowest BCUT2D eigenvalue weighted by Gasteiger charge is -2.32. The van der Waals surface area contributed by atoms with E-state index < -0.39 is 36.9 Å². The summed E-state index contributed by atoms with van der Waals surface area (Å²) in [4.78, 5) is 23.8. The lowest BCUT2D eigenvalue weighted by atomic mass is 9.72. The predicted octanol–water partition coefficient (Wildman–Crippen LogP) is 4.02. The minimum absolute atomic E-state index is 0.00137. The molecule has 198 valence electrons. The summed E-state index contributed by atoms with van der Waals surface area (Å²) in [5, 5.41) is 28.7. The van der Waals surface area contributed by atoms with E-state index in [2.05, 4.69) is 39.8 Å². The summed E-state index contributed by atoms with van der Waals surface area (Å²) in [6, 6.07) is 0. The van der Waals surface area contributed by atoms with Gasteiger partial charge in [-0.05, 0) is 63.2 Å². The van der Waals surface area contributed by atoms with E-state index in [-0.39, 0.29) is 24.0 Å². The number of rotatable bonds is 9. The average Bonchev–Trinajstić information content (AvgIpc) is 2.79. The molecule has 3 atom stereocenters. The number of aliphatic hydroxyl groups excluding tert-OH is 3. The van der Waals surface area contributed by atoms with Crippen LogP contribution in [-0.2, 0) is 19.1 Å². The highest BCUT2D eigenvalue weighted by atomic mass is 16.6. The van der Waals surface area contributed by atoms with Gasteiger partial charge < -0.3 is 24.8 Å².